The van der Waals surface area contributed by atoms with E-state index < -0.39 is 0 Å². The van der Waals surface area contributed by atoms with Crippen molar-refractivity contribution >= 4 is 5.69 Å². The normalized spacial score (nSPS) is 12.2. The van der Waals surface area contributed by atoms with Crippen molar-refractivity contribution < 1.29 is 0 Å². The molecule has 0 amide bonds. The number of nitrogens with zero attached hydrogens (tertiary/aromatic N) is 1. The fraction of sp³-hybridized carbons (Fsp3) is 0.200. The summed E-state index contributed by atoms with van der Waals surface area (Å²) in [6.45, 7) is 0. The van der Waals surface area contributed by atoms with Crippen LogP contribution < -0.4 is 10.6 Å². The van der Waals surface area contributed by atoms with Gasteiger partial charge >= 0.3 is 0 Å². The lowest BCUT2D eigenvalue weighted by Crippen LogP contribution is -2.18. The molecule has 0 fully saturated rings. The zero-order chi connectivity index (χ0) is 12.3. The van der Waals surface area contributed by atoms with E-state index in [1.807, 2.05) is 44.4 Å². The lowest BCUT2D eigenvalue weighted by atomic mass is 9.98. The van der Waals surface area contributed by atoms with Crippen molar-refractivity contribution in [3.05, 3.63) is 65.7 Å². The molecular weight excluding hydrogens is 208 g/mol. The van der Waals surface area contributed by atoms with Crippen LogP contribution in [-0.2, 0) is 0 Å². The van der Waals surface area contributed by atoms with Crippen molar-refractivity contribution in [2.75, 3.05) is 19.0 Å². The molecule has 0 radical (unpaired) electrons. The maximum absolute atomic E-state index is 6.33. The van der Waals surface area contributed by atoms with Crippen molar-refractivity contribution in [3.63, 3.8) is 0 Å². The van der Waals surface area contributed by atoms with Crippen molar-refractivity contribution in [1.82, 2.24) is 0 Å². The third-order valence-electron chi connectivity index (χ3n) is 2.91. The molecule has 0 heterocycles. The van der Waals surface area contributed by atoms with Crippen LogP contribution in [0.2, 0.25) is 0 Å². The van der Waals surface area contributed by atoms with E-state index in [0.29, 0.717) is 0 Å². The summed E-state index contributed by atoms with van der Waals surface area (Å²) in [7, 11) is 4.08. The van der Waals surface area contributed by atoms with Gasteiger partial charge in [0.25, 0.3) is 0 Å². The van der Waals surface area contributed by atoms with Crippen LogP contribution in [-0.4, -0.2) is 14.1 Å². The van der Waals surface area contributed by atoms with Crippen LogP contribution in [0.5, 0.6) is 0 Å². The smallest absolute Gasteiger partial charge is 0.0572 e. The minimum absolute atomic E-state index is 0.0743. The first-order chi connectivity index (χ1) is 8.20. The predicted molar refractivity (Wildman–Crippen MR) is 73.2 cm³/mol. The molecule has 2 N–H and O–H groups in total. The Kier molecular flexibility index (Phi) is 3.45. The number of anilines is 1. The second kappa shape index (κ2) is 5.02. The summed E-state index contributed by atoms with van der Waals surface area (Å²) in [4.78, 5) is 2.10. The Balaban J connectivity index is 2.41. The van der Waals surface area contributed by atoms with Crippen LogP contribution in [0, 0.1) is 0 Å². The summed E-state index contributed by atoms with van der Waals surface area (Å²) in [5.41, 5.74) is 9.80. The molecule has 2 heteroatoms. The van der Waals surface area contributed by atoms with Gasteiger partial charge in [0.2, 0.25) is 0 Å². The van der Waals surface area contributed by atoms with Crippen LogP contribution in [0.25, 0.3) is 0 Å². The van der Waals surface area contributed by atoms with Crippen molar-refractivity contribution in [2.45, 2.75) is 6.04 Å². The first-order valence-corrected chi connectivity index (χ1v) is 5.77. The largest absolute Gasteiger partial charge is 0.377 e. The number of rotatable bonds is 3. The Morgan fingerprint density at radius 3 is 2.12 bits per heavy atom. The summed E-state index contributed by atoms with van der Waals surface area (Å²) >= 11 is 0. The number of nitrogens with two attached hydrogens (primary N) is 1. The zero-order valence-electron chi connectivity index (χ0n) is 10.3. The van der Waals surface area contributed by atoms with Crippen LogP contribution in [0.4, 0.5) is 5.69 Å². The summed E-state index contributed by atoms with van der Waals surface area (Å²) in [6.07, 6.45) is 0. The van der Waals surface area contributed by atoms with Crippen molar-refractivity contribution in [3.8, 4) is 0 Å². The third-order valence-corrected chi connectivity index (χ3v) is 2.91. The summed E-state index contributed by atoms with van der Waals surface area (Å²) < 4.78 is 0. The molecule has 0 aromatic heterocycles. The molecule has 88 valence electrons. The quantitative estimate of drug-likeness (QED) is 0.872. The zero-order valence-corrected chi connectivity index (χ0v) is 10.3. The van der Waals surface area contributed by atoms with E-state index in [0.717, 1.165) is 11.1 Å². The first kappa shape index (κ1) is 11.7. The lowest BCUT2D eigenvalue weighted by Gasteiger charge is -2.21. The standard InChI is InChI=1S/C15H18N2/c1-17(2)14-11-7-6-10-13(14)15(16)12-8-4-3-5-9-12/h3-11,15H,16H2,1-2H3. The maximum atomic E-state index is 6.33. The van der Waals surface area contributed by atoms with Gasteiger partial charge in [-0.2, -0.15) is 0 Å². The summed E-state index contributed by atoms with van der Waals surface area (Å²) in [5, 5.41) is 0. The van der Waals surface area contributed by atoms with Gasteiger partial charge < -0.3 is 10.6 Å². The van der Waals surface area contributed by atoms with Gasteiger partial charge in [0.05, 0.1) is 6.04 Å². The predicted octanol–water partition coefficient (Wildman–Crippen LogP) is 2.80. The Morgan fingerprint density at radius 2 is 1.47 bits per heavy atom. The highest BCUT2D eigenvalue weighted by Crippen LogP contribution is 2.27. The van der Waals surface area contributed by atoms with Crippen molar-refractivity contribution in [1.29, 1.82) is 0 Å². The Labute approximate surface area is 103 Å². The van der Waals surface area contributed by atoms with Gasteiger partial charge in [0.1, 0.15) is 0 Å². The van der Waals surface area contributed by atoms with Crippen LogP contribution in [0.15, 0.2) is 54.6 Å². The third kappa shape index (κ3) is 2.48. The van der Waals surface area contributed by atoms with E-state index >= 15 is 0 Å². The minimum atomic E-state index is -0.0743. The van der Waals surface area contributed by atoms with E-state index in [1.165, 1.54) is 5.69 Å². The molecule has 0 saturated heterocycles. The van der Waals surface area contributed by atoms with Gasteiger partial charge in [-0.25, -0.2) is 0 Å². The molecule has 1 atom stereocenters. The molecule has 0 aliphatic rings. The monoisotopic (exact) mass is 226 g/mol. The molecule has 1 unspecified atom stereocenters. The van der Waals surface area contributed by atoms with Gasteiger partial charge in [-0.1, -0.05) is 48.5 Å². The molecular formula is C15H18N2. The molecule has 0 aliphatic carbocycles. The highest BCUT2D eigenvalue weighted by atomic mass is 15.1. The SMILES string of the molecule is CN(C)c1ccccc1C(N)c1ccccc1. The number of para-hydroxylation sites is 1. The highest BCUT2D eigenvalue weighted by Gasteiger charge is 2.13. The molecule has 2 aromatic carbocycles. The maximum Gasteiger partial charge on any atom is 0.0572 e. The Bertz CT molecular complexity index is 477. The fourth-order valence-electron chi connectivity index (χ4n) is 2.00. The second-order valence-electron chi connectivity index (χ2n) is 4.34. The highest BCUT2D eigenvalue weighted by molar-refractivity contribution is 5.55. The van der Waals surface area contributed by atoms with E-state index in [2.05, 4.69) is 29.2 Å². The molecule has 2 aromatic rings. The molecule has 0 aliphatic heterocycles. The summed E-state index contributed by atoms with van der Waals surface area (Å²) in [5.74, 6) is 0. The van der Waals surface area contributed by atoms with E-state index in [4.69, 9.17) is 5.73 Å². The Hall–Kier alpha value is -1.80. The van der Waals surface area contributed by atoms with E-state index in [9.17, 15) is 0 Å². The average Bonchev–Trinajstić information content (AvgIpc) is 2.39. The molecule has 17 heavy (non-hydrogen) atoms. The fourth-order valence-corrected chi connectivity index (χ4v) is 2.00. The molecule has 0 bridgehead atoms. The van der Waals surface area contributed by atoms with Crippen LogP contribution >= 0.6 is 0 Å². The van der Waals surface area contributed by atoms with E-state index in [-0.39, 0.29) is 6.04 Å². The van der Waals surface area contributed by atoms with E-state index in [1.54, 1.807) is 0 Å². The van der Waals surface area contributed by atoms with Gasteiger partial charge in [0.15, 0.2) is 0 Å². The van der Waals surface area contributed by atoms with Crippen LogP contribution in [0.3, 0.4) is 0 Å². The van der Waals surface area contributed by atoms with Gasteiger partial charge in [-0.15, -0.1) is 0 Å². The van der Waals surface area contributed by atoms with Crippen LogP contribution in [0.1, 0.15) is 17.2 Å². The summed E-state index contributed by atoms with van der Waals surface area (Å²) in [6, 6.07) is 18.4. The first-order valence-electron chi connectivity index (χ1n) is 5.77. The topological polar surface area (TPSA) is 29.3 Å². The van der Waals surface area contributed by atoms with Gasteiger partial charge in [-0.3, -0.25) is 0 Å². The number of hydrogen-bond donors (Lipinski definition) is 1. The molecule has 0 saturated carbocycles. The molecule has 0 spiro atoms. The minimum Gasteiger partial charge on any atom is -0.377 e. The van der Waals surface area contributed by atoms with Gasteiger partial charge in [0, 0.05) is 19.8 Å². The Morgan fingerprint density at radius 1 is 0.882 bits per heavy atom. The lowest BCUT2D eigenvalue weighted by molar-refractivity contribution is 0.863. The molecule has 2 nitrogen and oxygen atoms in total. The number of hydrogen-bond acceptors (Lipinski definition) is 2. The second-order valence-corrected chi connectivity index (χ2v) is 4.34. The molecule has 2 rings (SSSR count). The van der Waals surface area contributed by atoms with Gasteiger partial charge in [-0.05, 0) is 17.2 Å². The number of benzene rings is 2. The van der Waals surface area contributed by atoms with Crippen molar-refractivity contribution in [2.24, 2.45) is 5.73 Å². The average molecular weight is 226 g/mol.